The van der Waals surface area contributed by atoms with Gasteiger partial charge in [0.2, 0.25) is 5.91 Å². The fraction of sp³-hybridized carbons (Fsp3) is 0.278. The second-order valence-corrected chi connectivity index (χ2v) is 5.95. The van der Waals surface area contributed by atoms with Crippen LogP contribution in [0.5, 0.6) is 11.5 Å². The van der Waals surface area contributed by atoms with Crippen molar-refractivity contribution < 1.29 is 14.3 Å². The van der Waals surface area contributed by atoms with E-state index in [1.165, 1.54) is 0 Å². The Balaban J connectivity index is 1.56. The largest absolute Gasteiger partial charge is 0.497 e. The van der Waals surface area contributed by atoms with Crippen molar-refractivity contribution in [2.75, 3.05) is 26.0 Å². The molecule has 2 aromatic rings. The van der Waals surface area contributed by atoms with Gasteiger partial charge in [-0.05, 0) is 36.4 Å². The number of carbonyl (C=O) groups is 1. The zero-order valence-corrected chi connectivity index (χ0v) is 14.0. The summed E-state index contributed by atoms with van der Waals surface area (Å²) in [4.78, 5) is 12.9. The van der Waals surface area contributed by atoms with E-state index >= 15 is 0 Å². The van der Waals surface area contributed by atoms with E-state index in [1.54, 1.807) is 18.9 Å². The van der Waals surface area contributed by atoms with Gasteiger partial charge in [-0.3, -0.25) is 4.79 Å². The number of methoxy groups -OCH3 is 1. The Morgan fingerprint density at radius 2 is 1.78 bits per heavy atom. The number of benzene rings is 2. The minimum absolute atomic E-state index is 0.0441. The normalized spacial score (nSPS) is 10.1. The number of carbonyl (C=O) groups excluding carboxylic acids is 1. The summed E-state index contributed by atoms with van der Waals surface area (Å²) < 4.78 is 10.6. The van der Waals surface area contributed by atoms with E-state index < -0.39 is 0 Å². The lowest BCUT2D eigenvalue weighted by molar-refractivity contribution is -0.120. The molecule has 0 atom stereocenters. The van der Waals surface area contributed by atoms with Gasteiger partial charge >= 0.3 is 0 Å². The molecule has 4 nitrogen and oxygen atoms in total. The maximum atomic E-state index is 11.7. The number of para-hydroxylation sites is 1. The molecule has 23 heavy (non-hydrogen) atoms. The fourth-order valence-corrected chi connectivity index (χ4v) is 2.75. The van der Waals surface area contributed by atoms with Crippen molar-refractivity contribution in [1.82, 2.24) is 5.32 Å². The van der Waals surface area contributed by atoms with Crippen molar-refractivity contribution in [3.8, 4) is 11.5 Å². The van der Waals surface area contributed by atoms with Crippen molar-refractivity contribution in [3.63, 3.8) is 0 Å². The summed E-state index contributed by atoms with van der Waals surface area (Å²) in [6.45, 7) is 0.988. The molecule has 0 spiro atoms. The fourth-order valence-electron chi connectivity index (χ4n) is 1.90. The van der Waals surface area contributed by atoms with Crippen LogP contribution in [0, 0.1) is 0 Å². The Kier molecular flexibility index (Phi) is 7.33. The van der Waals surface area contributed by atoms with E-state index in [1.807, 2.05) is 54.6 Å². The molecule has 0 heterocycles. The van der Waals surface area contributed by atoms with Gasteiger partial charge in [-0.25, -0.2) is 0 Å². The van der Waals surface area contributed by atoms with Crippen LogP contribution in [0.2, 0.25) is 0 Å². The molecule has 0 unspecified atom stereocenters. The van der Waals surface area contributed by atoms with Gasteiger partial charge in [0.05, 0.1) is 13.7 Å². The summed E-state index contributed by atoms with van der Waals surface area (Å²) in [5.74, 6) is 2.45. The van der Waals surface area contributed by atoms with Crippen LogP contribution < -0.4 is 14.8 Å². The molecule has 2 aromatic carbocycles. The van der Waals surface area contributed by atoms with Gasteiger partial charge in [0.15, 0.2) is 0 Å². The number of ether oxygens (including phenoxy) is 2. The third-order valence-corrected chi connectivity index (χ3v) is 4.11. The van der Waals surface area contributed by atoms with E-state index in [-0.39, 0.29) is 5.91 Å². The van der Waals surface area contributed by atoms with Crippen molar-refractivity contribution >= 4 is 17.7 Å². The van der Waals surface area contributed by atoms with Crippen LogP contribution in [0.1, 0.15) is 6.42 Å². The number of nitrogens with one attached hydrogen (secondary N) is 1. The number of hydrogen-bond acceptors (Lipinski definition) is 4. The highest BCUT2D eigenvalue weighted by Gasteiger charge is 2.02. The second-order valence-electron chi connectivity index (χ2n) is 4.79. The van der Waals surface area contributed by atoms with E-state index in [9.17, 15) is 4.79 Å². The first-order valence-electron chi connectivity index (χ1n) is 7.49. The van der Waals surface area contributed by atoms with Crippen LogP contribution in [-0.4, -0.2) is 31.9 Å². The van der Waals surface area contributed by atoms with E-state index in [2.05, 4.69) is 5.32 Å². The molecule has 1 N–H and O–H groups in total. The molecule has 0 aromatic heterocycles. The summed E-state index contributed by atoms with van der Waals surface area (Å²) in [5.41, 5.74) is 0. The van der Waals surface area contributed by atoms with Crippen molar-refractivity contribution in [2.45, 2.75) is 11.3 Å². The molecule has 0 saturated heterocycles. The summed E-state index contributed by atoms with van der Waals surface area (Å²) >= 11 is 1.66. The summed E-state index contributed by atoms with van der Waals surface area (Å²) in [6, 6.07) is 17.4. The van der Waals surface area contributed by atoms with Crippen molar-refractivity contribution in [2.24, 2.45) is 0 Å². The third-order valence-electron chi connectivity index (χ3n) is 3.09. The Morgan fingerprint density at radius 1 is 1.04 bits per heavy atom. The van der Waals surface area contributed by atoms with Crippen LogP contribution in [0.3, 0.4) is 0 Å². The van der Waals surface area contributed by atoms with Crippen LogP contribution >= 0.6 is 11.8 Å². The molecule has 0 aliphatic rings. The summed E-state index contributed by atoms with van der Waals surface area (Å²) in [5, 5.41) is 2.86. The average Bonchev–Trinajstić information content (AvgIpc) is 2.60. The van der Waals surface area contributed by atoms with E-state index in [0.717, 1.165) is 22.1 Å². The summed E-state index contributed by atoms with van der Waals surface area (Å²) in [6.07, 6.45) is 0.488. The number of hydrogen-bond donors (Lipinski definition) is 1. The molecule has 2 rings (SSSR count). The Bertz CT molecular complexity index is 587. The Labute approximate surface area is 141 Å². The molecular formula is C18H21NO3S. The molecule has 0 radical (unpaired) electrons. The van der Waals surface area contributed by atoms with Gasteiger partial charge in [-0.2, -0.15) is 0 Å². The quantitative estimate of drug-likeness (QED) is 0.565. The molecule has 1 amide bonds. The third kappa shape index (κ3) is 6.65. The molecule has 0 aliphatic carbocycles. The number of rotatable bonds is 9. The highest BCUT2D eigenvalue weighted by molar-refractivity contribution is 7.99. The first kappa shape index (κ1) is 17.2. The summed E-state index contributed by atoms with van der Waals surface area (Å²) in [7, 11) is 1.65. The zero-order valence-electron chi connectivity index (χ0n) is 13.2. The molecular weight excluding hydrogens is 310 g/mol. The van der Waals surface area contributed by atoms with Crippen LogP contribution in [-0.2, 0) is 4.79 Å². The predicted octanol–water partition coefficient (Wildman–Crippen LogP) is 3.37. The number of amides is 1. The molecule has 5 heteroatoms. The molecule has 0 aliphatic heterocycles. The second kappa shape index (κ2) is 9.79. The van der Waals surface area contributed by atoms with Crippen LogP contribution in [0.15, 0.2) is 59.5 Å². The number of thioether (sulfide) groups is 1. The highest BCUT2D eigenvalue weighted by atomic mass is 32.2. The van der Waals surface area contributed by atoms with Crippen LogP contribution in [0.4, 0.5) is 0 Å². The lowest BCUT2D eigenvalue weighted by Crippen LogP contribution is -2.28. The standard InChI is InChI=1S/C18H21NO3S/c1-21-15-7-9-17(10-8-15)23-14-11-18(20)19-12-13-22-16-5-3-2-4-6-16/h2-10H,11-14H2,1H3,(H,19,20). The first-order chi connectivity index (χ1) is 11.3. The first-order valence-corrected chi connectivity index (χ1v) is 8.48. The minimum Gasteiger partial charge on any atom is -0.497 e. The highest BCUT2D eigenvalue weighted by Crippen LogP contribution is 2.21. The van der Waals surface area contributed by atoms with Gasteiger partial charge in [-0.15, -0.1) is 11.8 Å². The topological polar surface area (TPSA) is 47.6 Å². The van der Waals surface area contributed by atoms with Gasteiger partial charge in [0.1, 0.15) is 18.1 Å². The lowest BCUT2D eigenvalue weighted by Gasteiger charge is -2.07. The molecule has 0 saturated carbocycles. The van der Waals surface area contributed by atoms with Gasteiger partial charge in [0, 0.05) is 17.1 Å². The van der Waals surface area contributed by atoms with Gasteiger partial charge in [0.25, 0.3) is 0 Å². The van der Waals surface area contributed by atoms with E-state index in [0.29, 0.717) is 19.6 Å². The maximum Gasteiger partial charge on any atom is 0.220 e. The Hall–Kier alpha value is -2.14. The van der Waals surface area contributed by atoms with Gasteiger partial charge < -0.3 is 14.8 Å². The van der Waals surface area contributed by atoms with Crippen LogP contribution in [0.25, 0.3) is 0 Å². The average molecular weight is 331 g/mol. The van der Waals surface area contributed by atoms with E-state index in [4.69, 9.17) is 9.47 Å². The SMILES string of the molecule is COc1ccc(SCCC(=O)NCCOc2ccccc2)cc1. The monoisotopic (exact) mass is 331 g/mol. The van der Waals surface area contributed by atoms with Crippen molar-refractivity contribution in [3.05, 3.63) is 54.6 Å². The predicted molar refractivity (Wildman–Crippen MR) is 93.3 cm³/mol. The Morgan fingerprint density at radius 3 is 2.48 bits per heavy atom. The van der Waals surface area contributed by atoms with Crippen molar-refractivity contribution in [1.29, 1.82) is 0 Å². The molecule has 0 fully saturated rings. The lowest BCUT2D eigenvalue weighted by atomic mass is 10.3. The maximum absolute atomic E-state index is 11.7. The minimum atomic E-state index is 0.0441. The molecule has 122 valence electrons. The zero-order chi connectivity index (χ0) is 16.3. The molecule has 0 bridgehead atoms. The van der Waals surface area contributed by atoms with Gasteiger partial charge in [-0.1, -0.05) is 18.2 Å². The smallest absolute Gasteiger partial charge is 0.220 e.